The lowest BCUT2D eigenvalue weighted by Gasteiger charge is -2.17. The number of nitrogens with two attached hydrogens (primary N) is 1. The van der Waals surface area contributed by atoms with Crippen molar-refractivity contribution >= 4 is 11.4 Å². The Morgan fingerprint density at radius 1 is 1.32 bits per heavy atom. The summed E-state index contributed by atoms with van der Waals surface area (Å²) in [6.45, 7) is 1.88. The Hall–Kier alpha value is -2.04. The number of hydrogen-bond acceptors (Lipinski definition) is 3. The van der Waals surface area contributed by atoms with Gasteiger partial charge in [-0.15, -0.1) is 0 Å². The fourth-order valence-corrected chi connectivity index (χ4v) is 1.84. The van der Waals surface area contributed by atoms with Gasteiger partial charge in [0, 0.05) is 12.5 Å². The summed E-state index contributed by atoms with van der Waals surface area (Å²) >= 11 is 0. The highest BCUT2D eigenvalue weighted by atomic mass is 19.2. The molecule has 3 N–H and O–H groups in total. The SMILES string of the molecule is CC(CCc1ccco1)Nc1c(N)ccc(F)c1F. The van der Waals surface area contributed by atoms with E-state index in [9.17, 15) is 8.78 Å². The summed E-state index contributed by atoms with van der Waals surface area (Å²) in [7, 11) is 0. The maximum Gasteiger partial charge on any atom is 0.183 e. The van der Waals surface area contributed by atoms with Crippen LogP contribution in [0.1, 0.15) is 19.1 Å². The van der Waals surface area contributed by atoms with E-state index in [1.54, 1.807) is 6.26 Å². The Morgan fingerprint density at radius 3 is 2.79 bits per heavy atom. The molecule has 0 bridgehead atoms. The van der Waals surface area contributed by atoms with E-state index >= 15 is 0 Å². The zero-order valence-corrected chi connectivity index (χ0v) is 10.6. The monoisotopic (exact) mass is 266 g/mol. The predicted molar refractivity (Wildman–Crippen MR) is 70.9 cm³/mol. The maximum atomic E-state index is 13.6. The van der Waals surface area contributed by atoms with Gasteiger partial charge in [-0.3, -0.25) is 0 Å². The minimum atomic E-state index is -0.940. The standard InChI is InChI=1S/C14H16F2N2O/c1-9(4-5-10-3-2-8-19-10)18-14-12(17)7-6-11(15)13(14)16/h2-3,6-9,18H,4-5,17H2,1H3. The van der Waals surface area contributed by atoms with Crippen molar-refractivity contribution in [3.8, 4) is 0 Å². The maximum absolute atomic E-state index is 13.6. The zero-order chi connectivity index (χ0) is 13.8. The predicted octanol–water partition coefficient (Wildman–Crippen LogP) is 3.57. The van der Waals surface area contributed by atoms with Crippen LogP contribution >= 0.6 is 0 Å². The number of halogens is 2. The van der Waals surface area contributed by atoms with Gasteiger partial charge in [0.1, 0.15) is 5.76 Å². The third-order valence-corrected chi connectivity index (χ3v) is 2.92. The molecule has 0 radical (unpaired) electrons. The molecule has 1 atom stereocenters. The molecular formula is C14H16F2N2O. The van der Waals surface area contributed by atoms with Gasteiger partial charge in [0.15, 0.2) is 11.6 Å². The first-order valence-electron chi connectivity index (χ1n) is 6.10. The third-order valence-electron chi connectivity index (χ3n) is 2.92. The van der Waals surface area contributed by atoms with Crippen LogP contribution in [0.3, 0.4) is 0 Å². The van der Waals surface area contributed by atoms with Gasteiger partial charge in [-0.1, -0.05) is 0 Å². The highest BCUT2D eigenvalue weighted by Gasteiger charge is 2.14. The fourth-order valence-electron chi connectivity index (χ4n) is 1.84. The van der Waals surface area contributed by atoms with Gasteiger partial charge >= 0.3 is 0 Å². The van der Waals surface area contributed by atoms with Gasteiger partial charge in [-0.2, -0.15) is 0 Å². The van der Waals surface area contributed by atoms with E-state index in [0.29, 0.717) is 0 Å². The van der Waals surface area contributed by atoms with Crippen molar-refractivity contribution in [2.45, 2.75) is 25.8 Å². The van der Waals surface area contributed by atoms with E-state index in [1.807, 2.05) is 19.1 Å². The second kappa shape index (κ2) is 5.73. The van der Waals surface area contributed by atoms with Crippen molar-refractivity contribution in [3.05, 3.63) is 47.9 Å². The molecule has 3 nitrogen and oxygen atoms in total. The Bertz CT molecular complexity index is 541. The number of benzene rings is 1. The topological polar surface area (TPSA) is 51.2 Å². The van der Waals surface area contributed by atoms with Crippen molar-refractivity contribution in [2.24, 2.45) is 0 Å². The van der Waals surface area contributed by atoms with Crippen molar-refractivity contribution in [1.82, 2.24) is 0 Å². The Morgan fingerprint density at radius 2 is 2.11 bits per heavy atom. The highest BCUT2D eigenvalue weighted by Crippen LogP contribution is 2.25. The summed E-state index contributed by atoms with van der Waals surface area (Å²) in [5, 5.41) is 2.90. The van der Waals surface area contributed by atoms with Crippen LogP contribution in [0.4, 0.5) is 20.2 Å². The number of nitrogens with one attached hydrogen (secondary N) is 1. The highest BCUT2D eigenvalue weighted by molar-refractivity contribution is 5.67. The minimum absolute atomic E-state index is 0.0203. The largest absolute Gasteiger partial charge is 0.469 e. The van der Waals surface area contributed by atoms with Crippen LogP contribution in [0, 0.1) is 11.6 Å². The molecule has 5 heteroatoms. The molecule has 0 amide bonds. The first-order valence-corrected chi connectivity index (χ1v) is 6.10. The molecule has 1 aromatic heterocycles. The molecule has 1 heterocycles. The Kier molecular flexibility index (Phi) is 4.04. The van der Waals surface area contributed by atoms with Crippen molar-refractivity contribution in [2.75, 3.05) is 11.1 Å². The lowest BCUT2D eigenvalue weighted by molar-refractivity contribution is 0.492. The van der Waals surface area contributed by atoms with E-state index in [0.717, 1.165) is 24.7 Å². The van der Waals surface area contributed by atoms with Gasteiger partial charge in [-0.25, -0.2) is 8.78 Å². The average Bonchev–Trinajstić information content (AvgIpc) is 2.90. The second-order valence-corrected chi connectivity index (χ2v) is 4.49. The lowest BCUT2D eigenvalue weighted by Crippen LogP contribution is -2.18. The summed E-state index contributed by atoms with van der Waals surface area (Å²) < 4.78 is 31.9. The number of nitrogen functional groups attached to an aromatic ring is 1. The van der Waals surface area contributed by atoms with Crippen LogP contribution in [-0.2, 0) is 6.42 Å². The number of rotatable bonds is 5. The fraction of sp³-hybridized carbons (Fsp3) is 0.286. The molecule has 2 rings (SSSR count). The lowest BCUT2D eigenvalue weighted by atomic mass is 10.1. The van der Waals surface area contributed by atoms with Crippen LogP contribution in [0.15, 0.2) is 34.9 Å². The van der Waals surface area contributed by atoms with Gasteiger partial charge in [-0.05, 0) is 37.6 Å². The molecule has 0 saturated carbocycles. The summed E-state index contributed by atoms with van der Waals surface area (Å²) in [5.41, 5.74) is 5.86. The summed E-state index contributed by atoms with van der Waals surface area (Å²) in [4.78, 5) is 0. The summed E-state index contributed by atoms with van der Waals surface area (Å²) in [6.07, 6.45) is 3.05. The van der Waals surface area contributed by atoms with Crippen molar-refractivity contribution < 1.29 is 13.2 Å². The average molecular weight is 266 g/mol. The van der Waals surface area contributed by atoms with E-state index in [4.69, 9.17) is 10.2 Å². The molecule has 0 aliphatic rings. The molecule has 0 fully saturated rings. The number of anilines is 2. The molecule has 0 aliphatic heterocycles. The third kappa shape index (κ3) is 3.24. The smallest absolute Gasteiger partial charge is 0.183 e. The molecule has 0 spiro atoms. The Balaban J connectivity index is 1.99. The zero-order valence-electron chi connectivity index (χ0n) is 10.6. The molecule has 2 aromatic rings. The van der Waals surface area contributed by atoms with Crippen LogP contribution in [-0.4, -0.2) is 6.04 Å². The van der Waals surface area contributed by atoms with Crippen LogP contribution < -0.4 is 11.1 Å². The summed E-state index contributed by atoms with van der Waals surface area (Å²) in [5.74, 6) is -0.985. The minimum Gasteiger partial charge on any atom is -0.469 e. The molecule has 102 valence electrons. The number of aryl methyl sites for hydroxylation is 1. The number of hydrogen-bond donors (Lipinski definition) is 2. The van der Waals surface area contributed by atoms with Crippen LogP contribution in [0.5, 0.6) is 0 Å². The van der Waals surface area contributed by atoms with E-state index in [1.165, 1.54) is 6.07 Å². The van der Waals surface area contributed by atoms with Gasteiger partial charge in [0.2, 0.25) is 0 Å². The van der Waals surface area contributed by atoms with Gasteiger partial charge in [0.05, 0.1) is 17.6 Å². The van der Waals surface area contributed by atoms with Crippen molar-refractivity contribution in [3.63, 3.8) is 0 Å². The first kappa shape index (κ1) is 13.4. The molecule has 0 saturated heterocycles. The first-order chi connectivity index (χ1) is 9.08. The number of furan rings is 1. The second-order valence-electron chi connectivity index (χ2n) is 4.49. The van der Waals surface area contributed by atoms with Gasteiger partial charge in [0.25, 0.3) is 0 Å². The molecule has 19 heavy (non-hydrogen) atoms. The van der Waals surface area contributed by atoms with Crippen molar-refractivity contribution in [1.29, 1.82) is 0 Å². The molecule has 1 unspecified atom stereocenters. The summed E-state index contributed by atoms with van der Waals surface area (Å²) in [6, 6.07) is 6.01. The van der Waals surface area contributed by atoms with E-state index in [2.05, 4.69) is 5.32 Å². The normalized spacial score (nSPS) is 12.4. The quantitative estimate of drug-likeness (QED) is 0.813. The Labute approximate surface area is 110 Å². The van der Waals surface area contributed by atoms with E-state index < -0.39 is 11.6 Å². The molecular weight excluding hydrogens is 250 g/mol. The van der Waals surface area contributed by atoms with Crippen LogP contribution in [0.25, 0.3) is 0 Å². The van der Waals surface area contributed by atoms with Gasteiger partial charge < -0.3 is 15.5 Å². The molecule has 0 aliphatic carbocycles. The van der Waals surface area contributed by atoms with E-state index in [-0.39, 0.29) is 17.4 Å². The molecule has 1 aromatic carbocycles. The van der Waals surface area contributed by atoms with Crippen LogP contribution in [0.2, 0.25) is 0 Å².